The molecule has 276 valence electrons. The number of hydrogen-bond donors (Lipinski definition) is 0. The highest BCUT2D eigenvalue weighted by Gasteiger charge is 2.49. The second kappa shape index (κ2) is 17.3. The molecule has 1 saturated heterocycles. The van der Waals surface area contributed by atoms with Crippen molar-refractivity contribution < 1.29 is 18.3 Å². The topological polar surface area (TPSA) is 60.7 Å². The lowest BCUT2D eigenvalue weighted by Gasteiger charge is -2.40. The molecule has 0 spiro atoms. The lowest BCUT2D eigenvalue weighted by Crippen LogP contribution is -2.47. The van der Waals surface area contributed by atoms with Crippen molar-refractivity contribution in [2.75, 3.05) is 6.61 Å². The van der Waals surface area contributed by atoms with E-state index in [4.69, 9.17) is 23.6 Å². The number of allylic oxidation sites excluding steroid dienone is 1. The van der Waals surface area contributed by atoms with Crippen molar-refractivity contribution in [3.63, 3.8) is 0 Å². The average molecular weight is 726 g/mol. The van der Waals surface area contributed by atoms with Crippen LogP contribution in [-0.4, -0.2) is 47.7 Å². The van der Waals surface area contributed by atoms with Gasteiger partial charge in [-0.05, 0) is 72.2 Å². The summed E-state index contributed by atoms with van der Waals surface area (Å²) in [4.78, 5) is 0. The van der Waals surface area contributed by atoms with Crippen LogP contribution in [0.2, 0.25) is 36.3 Å². The van der Waals surface area contributed by atoms with E-state index in [-0.39, 0.29) is 34.5 Å². The van der Waals surface area contributed by atoms with E-state index < -0.39 is 22.2 Å². The van der Waals surface area contributed by atoms with E-state index >= 15 is 0 Å². The molecular formula is C44H63NO4Si2. The molecule has 1 aliphatic rings. The van der Waals surface area contributed by atoms with Crippen LogP contribution in [0.1, 0.15) is 90.3 Å². The van der Waals surface area contributed by atoms with E-state index in [0.29, 0.717) is 13.0 Å². The van der Waals surface area contributed by atoms with Crippen LogP contribution >= 0.6 is 0 Å². The van der Waals surface area contributed by atoms with E-state index in [2.05, 4.69) is 177 Å². The minimum absolute atomic E-state index is 0.0432. The first-order valence-corrected chi connectivity index (χ1v) is 24.7. The molecule has 4 rings (SSSR count). The van der Waals surface area contributed by atoms with Gasteiger partial charge < -0.3 is 18.3 Å². The summed E-state index contributed by atoms with van der Waals surface area (Å²) < 4.78 is 28.9. The SMILES string of the molecule is CC(C)(C)[Si](C)(C)O[C@H]1C[C@@H]([C@@H](C/C=C\CCCC#N)O[Si](C)(C)C(C)(C)C)O[C@H]1COC(c1ccccc1)(c1ccccc1)c1ccccc1. The normalized spacial score (nSPS) is 19.7. The Balaban J connectivity index is 1.74. The Labute approximate surface area is 311 Å². The molecule has 0 amide bonds. The Bertz CT molecular complexity index is 1460. The molecular weight excluding hydrogens is 663 g/mol. The third-order valence-corrected chi connectivity index (χ3v) is 20.4. The molecule has 0 aliphatic carbocycles. The van der Waals surface area contributed by atoms with Crippen molar-refractivity contribution in [1.29, 1.82) is 5.26 Å². The molecule has 0 aromatic heterocycles. The van der Waals surface area contributed by atoms with Gasteiger partial charge in [0.25, 0.3) is 0 Å². The van der Waals surface area contributed by atoms with Crippen LogP contribution in [0.15, 0.2) is 103 Å². The fourth-order valence-electron chi connectivity index (χ4n) is 6.27. The maximum atomic E-state index is 9.00. The Kier molecular flexibility index (Phi) is 13.9. The first kappa shape index (κ1) is 40.9. The first-order valence-electron chi connectivity index (χ1n) is 18.9. The Morgan fingerprint density at radius 3 is 1.71 bits per heavy atom. The lowest BCUT2D eigenvalue weighted by molar-refractivity contribution is -0.0960. The quantitative estimate of drug-likeness (QED) is 0.0637. The summed E-state index contributed by atoms with van der Waals surface area (Å²) >= 11 is 0. The second-order valence-electron chi connectivity index (χ2n) is 17.1. The molecule has 0 N–H and O–H groups in total. The van der Waals surface area contributed by atoms with E-state index in [1.807, 2.05) is 0 Å². The zero-order valence-corrected chi connectivity index (χ0v) is 34.9. The van der Waals surface area contributed by atoms with Gasteiger partial charge in [-0.2, -0.15) is 5.26 Å². The smallest absolute Gasteiger partial charge is 0.192 e. The van der Waals surface area contributed by atoms with Crippen LogP contribution in [0.25, 0.3) is 0 Å². The largest absolute Gasteiger partial charge is 0.411 e. The number of nitrogens with zero attached hydrogens (tertiary/aromatic N) is 1. The van der Waals surface area contributed by atoms with Crippen molar-refractivity contribution in [3.8, 4) is 6.07 Å². The van der Waals surface area contributed by atoms with Crippen LogP contribution in [0.5, 0.6) is 0 Å². The minimum Gasteiger partial charge on any atom is -0.411 e. The highest BCUT2D eigenvalue weighted by atomic mass is 28.4. The van der Waals surface area contributed by atoms with Crippen molar-refractivity contribution in [2.24, 2.45) is 0 Å². The fraction of sp³-hybridized carbons (Fsp3) is 0.523. The van der Waals surface area contributed by atoms with E-state index in [1.54, 1.807) is 0 Å². The highest BCUT2D eigenvalue weighted by Crippen LogP contribution is 2.45. The Morgan fingerprint density at radius 1 is 0.765 bits per heavy atom. The summed E-state index contributed by atoms with van der Waals surface area (Å²) in [5, 5.41) is 9.10. The van der Waals surface area contributed by atoms with Gasteiger partial charge in [-0.3, -0.25) is 0 Å². The van der Waals surface area contributed by atoms with E-state index in [9.17, 15) is 0 Å². The zero-order chi connectivity index (χ0) is 37.3. The number of ether oxygens (including phenoxy) is 2. The molecule has 0 radical (unpaired) electrons. The van der Waals surface area contributed by atoms with Gasteiger partial charge in [-0.25, -0.2) is 0 Å². The van der Waals surface area contributed by atoms with Gasteiger partial charge >= 0.3 is 0 Å². The fourth-order valence-corrected chi connectivity index (χ4v) is 8.98. The van der Waals surface area contributed by atoms with Crippen LogP contribution in [0, 0.1) is 11.3 Å². The van der Waals surface area contributed by atoms with Gasteiger partial charge in [0.2, 0.25) is 0 Å². The summed E-state index contributed by atoms with van der Waals surface area (Å²) in [5.41, 5.74) is 2.36. The van der Waals surface area contributed by atoms with Crippen LogP contribution in [-0.2, 0) is 23.9 Å². The van der Waals surface area contributed by atoms with E-state index in [1.165, 1.54) is 0 Å². The monoisotopic (exact) mass is 725 g/mol. The van der Waals surface area contributed by atoms with Crippen molar-refractivity contribution in [2.45, 2.75) is 140 Å². The summed E-state index contributed by atoms with van der Waals surface area (Å²) in [6.07, 6.45) is 7.58. The minimum atomic E-state index is -2.17. The van der Waals surface area contributed by atoms with Gasteiger partial charge in [0.15, 0.2) is 16.6 Å². The van der Waals surface area contributed by atoms with E-state index in [0.717, 1.165) is 42.4 Å². The van der Waals surface area contributed by atoms with Gasteiger partial charge in [0.1, 0.15) is 11.7 Å². The molecule has 51 heavy (non-hydrogen) atoms. The van der Waals surface area contributed by atoms with Crippen molar-refractivity contribution >= 4 is 16.6 Å². The molecule has 5 nitrogen and oxygen atoms in total. The number of hydrogen-bond acceptors (Lipinski definition) is 5. The van der Waals surface area contributed by atoms with Gasteiger partial charge in [-0.1, -0.05) is 145 Å². The van der Waals surface area contributed by atoms with Gasteiger partial charge in [0, 0.05) is 12.8 Å². The number of rotatable bonds is 16. The first-order chi connectivity index (χ1) is 24.0. The maximum absolute atomic E-state index is 9.00. The zero-order valence-electron chi connectivity index (χ0n) is 32.9. The molecule has 1 heterocycles. The van der Waals surface area contributed by atoms with Crippen molar-refractivity contribution in [1.82, 2.24) is 0 Å². The van der Waals surface area contributed by atoms with Crippen LogP contribution < -0.4 is 0 Å². The predicted octanol–water partition coefficient (Wildman–Crippen LogP) is 11.6. The third-order valence-electron chi connectivity index (χ3n) is 11.3. The Morgan fingerprint density at radius 2 is 1.25 bits per heavy atom. The van der Waals surface area contributed by atoms with Crippen LogP contribution in [0.3, 0.4) is 0 Å². The summed E-state index contributed by atoms with van der Waals surface area (Å²) in [6.45, 7) is 23.4. The lowest BCUT2D eigenvalue weighted by atomic mass is 9.80. The molecule has 1 fully saturated rings. The third kappa shape index (κ3) is 10.2. The molecule has 0 saturated carbocycles. The highest BCUT2D eigenvalue weighted by molar-refractivity contribution is 6.74. The molecule has 1 aliphatic heterocycles. The number of benzene rings is 3. The summed E-state index contributed by atoms with van der Waals surface area (Å²) in [7, 11) is -4.31. The number of unbranched alkanes of at least 4 members (excludes halogenated alkanes) is 2. The standard InChI is InChI=1S/C44H63NO4Si2/c1-42(2,3)50(7,8)48-38(31-23-12-11-13-24-32-45)39-33-40(49-51(9,10)43(4,5)6)41(47-39)34-46-44(35-25-17-14-18-26-35,36-27-19-15-20-28-36)37-29-21-16-22-30-37/h12,14-23,25-30,38-41H,11,13,24,31,33-34H2,1-10H3/b23-12-/t38-,39+,40+,41+/m1/s1. The number of nitriles is 1. The molecule has 3 aromatic carbocycles. The summed E-state index contributed by atoms with van der Waals surface area (Å²) in [6, 6.07) is 33.9. The summed E-state index contributed by atoms with van der Waals surface area (Å²) in [5.74, 6) is 0. The van der Waals surface area contributed by atoms with Crippen LogP contribution in [0.4, 0.5) is 0 Å². The van der Waals surface area contributed by atoms with Gasteiger partial charge in [-0.15, -0.1) is 0 Å². The average Bonchev–Trinajstić information content (AvgIpc) is 3.48. The molecule has 7 heteroatoms. The second-order valence-corrected chi connectivity index (χ2v) is 26.6. The van der Waals surface area contributed by atoms with Crippen molar-refractivity contribution in [3.05, 3.63) is 120 Å². The Hall–Kier alpha value is -2.84. The molecule has 0 bridgehead atoms. The predicted molar refractivity (Wildman–Crippen MR) is 216 cm³/mol. The van der Waals surface area contributed by atoms with Gasteiger partial charge in [0.05, 0.1) is 31.0 Å². The maximum Gasteiger partial charge on any atom is 0.192 e. The molecule has 4 atom stereocenters. The molecule has 0 unspecified atom stereocenters. The molecule has 3 aromatic rings.